The maximum atomic E-state index is 13.0. The predicted octanol–water partition coefficient (Wildman–Crippen LogP) is 3.32. The summed E-state index contributed by atoms with van der Waals surface area (Å²) in [5.41, 5.74) is 1.61. The number of esters is 1. The number of anilines is 1. The van der Waals surface area contributed by atoms with E-state index in [1.54, 1.807) is 0 Å². The number of piperidine rings is 1. The average molecular weight is 378 g/mol. The number of thiophene rings is 1. The minimum Gasteiger partial charge on any atom is -0.465 e. The van der Waals surface area contributed by atoms with Gasteiger partial charge in [0.2, 0.25) is 0 Å². The van der Waals surface area contributed by atoms with Gasteiger partial charge in [0, 0.05) is 17.0 Å². The molecule has 142 valence electrons. The topological polar surface area (TPSA) is 78.9 Å². The van der Waals surface area contributed by atoms with Gasteiger partial charge in [-0.15, -0.1) is 11.3 Å². The summed E-state index contributed by atoms with van der Waals surface area (Å²) in [7, 11) is 1.39. The van der Waals surface area contributed by atoms with E-state index < -0.39 is 0 Å². The lowest BCUT2D eigenvalue weighted by Gasteiger charge is -2.37. The molecule has 0 spiro atoms. The number of nitrogens with one attached hydrogen (secondary N) is 1. The van der Waals surface area contributed by atoms with Crippen molar-refractivity contribution in [2.75, 3.05) is 12.4 Å². The van der Waals surface area contributed by atoms with Gasteiger partial charge in [-0.1, -0.05) is 6.42 Å². The largest absolute Gasteiger partial charge is 0.465 e. The van der Waals surface area contributed by atoms with Gasteiger partial charge in [-0.25, -0.2) is 9.59 Å². The van der Waals surface area contributed by atoms with Gasteiger partial charge in [-0.2, -0.15) is 0 Å². The molecule has 2 N–H and O–H groups in total. The number of rotatable bonds is 2. The van der Waals surface area contributed by atoms with Crippen molar-refractivity contribution in [3.63, 3.8) is 0 Å². The summed E-state index contributed by atoms with van der Waals surface area (Å²) in [6.07, 6.45) is 8.06. The maximum absolute atomic E-state index is 13.0. The summed E-state index contributed by atoms with van der Waals surface area (Å²) >= 11 is 1.53. The molecule has 2 fully saturated rings. The number of aliphatic hydroxyl groups excluding tert-OH is 1. The van der Waals surface area contributed by atoms with Crippen LogP contribution in [-0.2, 0) is 17.6 Å². The van der Waals surface area contributed by atoms with Crippen molar-refractivity contribution >= 4 is 28.3 Å². The van der Waals surface area contributed by atoms with Crippen LogP contribution in [0.4, 0.5) is 9.80 Å². The van der Waals surface area contributed by atoms with E-state index in [0.29, 0.717) is 23.4 Å². The molecule has 3 aliphatic rings. The highest BCUT2D eigenvalue weighted by Crippen LogP contribution is 2.40. The summed E-state index contributed by atoms with van der Waals surface area (Å²) in [6.45, 7) is 0. The van der Waals surface area contributed by atoms with E-state index in [2.05, 4.69) is 5.32 Å². The summed E-state index contributed by atoms with van der Waals surface area (Å²) in [4.78, 5) is 28.5. The smallest absolute Gasteiger partial charge is 0.341 e. The van der Waals surface area contributed by atoms with Crippen molar-refractivity contribution in [1.29, 1.82) is 0 Å². The van der Waals surface area contributed by atoms with Gasteiger partial charge in [0.05, 0.1) is 18.8 Å². The maximum Gasteiger partial charge on any atom is 0.341 e. The molecule has 2 bridgehead atoms. The number of nitrogens with zero attached hydrogens (tertiary/aromatic N) is 1. The number of carbonyl (C=O) groups excluding carboxylic acids is 2. The standard InChI is InChI=1S/C19H26N2O4S/c1-25-18(23)16-14-5-3-2-4-6-15(14)26-17(16)20-19(24)21-11-7-8-12(21)10-13(22)9-11/h11-13,22H,2-10H2,1H3,(H,20,24)/t11-,12-/m0/s1. The Hall–Kier alpha value is -1.60. The number of aliphatic hydroxyl groups is 1. The second-order valence-corrected chi connectivity index (χ2v) is 8.71. The molecule has 3 heterocycles. The van der Waals surface area contributed by atoms with Gasteiger partial charge in [0.1, 0.15) is 5.00 Å². The lowest BCUT2D eigenvalue weighted by molar-refractivity contribution is 0.0580. The van der Waals surface area contributed by atoms with Crippen LogP contribution in [-0.4, -0.2) is 47.3 Å². The second-order valence-electron chi connectivity index (χ2n) is 7.61. The molecule has 2 atom stereocenters. The molecule has 0 radical (unpaired) electrons. The predicted molar refractivity (Wildman–Crippen MR) is 99.8 cm³/mol. The van der Waals surface area contributed by atoms with Crippen molar-refractivity contribution in [2.45, 2.75) is 76.0 Å². The molecule has 2 amide bonds. The van der Waals surface area contributed by atoms with Gasteiger partial charge < -0.3 is 14.7 Å². The van der Waals surface area contributed by atoms with Crippen LogP contribution in [0, 0.1) is 0 Å². The van der Waals surface area contributed by atoms with Crippen LogP contribution in [0.25, 0.3) is 0 Å². The fourth-order valence-electron chi connectivity index (χ4n) is 4.79. The number of carbonyl (C=O) groups is 2. The minimum absolute atomic E-state index is 0.100. The minimum atomic E-state index is -0.364. The molecular weight excluding hydrogens is 352 g/mol. The molecule has 1 aromatic rings. The van der Waals surface area contributed by atoms with E-state index >= 15 is 0 Å². The second kappa shape index (κ2) is 7.19. The number of hydrogen-bond donors (Lipinski definition) is 2. The zero-order chi connectivity index (χ0) is 18.3. The quantitative estimate of drug-likeness (QED) is 0.611. The summed E-state index contributed by atoms with van der Waals surface area (Å²) < 4.78 is 5.01. The van der Waals surface area contributed by atoms with Crippen LogP contribution < -0.4 is 5.32 Å². The average Bonchev–Trinajstić information content (AvgIpc) is 2.98. The zero-order valence-corrected chi connectivity index (χ0v) is 15.9. The monoisotopic (exact) mass is 378 g/mol. The summed E-state index contributed by atoms with van der Waals surface area (Å²) in [5.74, 6) is -0.364. The van der Waals surface area contributed by atoms with E-state index in [-0.39, 0.29) is 30.2 Å². The van der Waals surface area contributed by atoms with Gasteiger partial charge in [0.25, 0.3) is 0 Å². The first-order chi connectivity index (χ1) is 12.6. The molecule has 6 nitrogen and oxygen atoms in total. The van der Waals surface area contributed by atoms with Crippen LogP contribution in [0.2, 0.25) is 0 Å². The number of urea groups is 1. The van der Waals surface area contributed by atoms with Gasteiger partial charge in [0.15, 0.2) is 0 Å². The first kappa shape index (κ1) is 17.8. The lowest BCUT2D eigenvalue weighted by Crippen LogP contribution is -2.49. The molecule has 2 saturated heterocycles. The Morgan fingerprint density at radius 2 is 1.85 bits per heavy atom. The van der Waals surface area contributed by atoms with Gasteiger partial charge in [-0.3, -0.25) is 5.32 Å². The third-order valence-electron chi connectivity index (χ3n) is 5.97. The lowest BCUT2D eigenvalue weighted by atomic mass is 10.0. The summed E-state index contributed by atoms with van der Waals surface area (Å²) in [5, 5.41) is 13.6. The molecule has 4 rings (SSSR count). The number of aryl methyl sites for hydroxylation is 1. The number of ether oxygens (including phenoxy) is 1. The fraction of sp³-hybridized carbons (Fsp3) is 0.684. The highest BCUT2D eigenvalue weighted by atomic mass is 32.1. The molecule has 0 unspecified atom stereocenters. The normalized spacial score (nSPS) is 27.6. The molecular formula is C19H26N2O4S. The van der Waals surface area contributed by atoms with E-state index in [0.717, 1.165) is 44.1 Å². The van der Waals surface area contributed by atoms with E-state index in [4.69, 9.17) is 4.74 Å². The third kappa shape index (κ3) is 3.11. The van der Waals surface area contributed by atoms with Gasteiger partial charge >= 0.3 is 12.0 Å². The van der Waals surface area contributed by atoms with Crippen LogP contribution in [0.15, 0.2) is 0 Å². The fourth-order valence-corrected chi connectivity index (χ4v) is 6.06. The Morgan fingerprint density at radius 1 is 1.15 bits per heavy atom. The third-order valence-corrected chi connectivity index (χ3v) is 7.18. The highest BCUT2D eigenvalue weighted by molar-refractivity contribution is 7.17. The van der Waals surface area contributed by atoms with Crippen molar-refractivity contribution in [3.8, 4) is 0 Å². The Balaban J connectivity index is 1.60. The van der Waals surface area contributed by atoms with Crippen LogP contribution in [0.1, 0.15) is 65.7 Å². The molecule has 0 saturated carbocycles. The van der Waals surface area contributed by atoms with Crippen molar-refractivity contribution < 1.29 is 19.4 Å². The molecule has 0 aromatic carbocycles. The van der Waals surface area contributed by atoms with Crippen molar-refractivity contribution in [2.24, 2.45) is 0 Å². The number of hydrogen-bond acceptors (Lipinski definition) is 5. The van der Waals surface area contributed by atoms with Crippen molar-refractivity contribution in [3.05, 3.63) is 16.0 Å². The van der Waals surface area contributed by atoms with E-state index in [1.165, 1.54) is 29.7 Å². The first-order valence-corrected chi connectivity index (χ1v) is 10.4. The van der Waals surface area contributed by atoms with Crippen LogP contribution >= 0.6 is 11.3 Å². The SMILES string of the molecule is COC(=O)c1c(NC(=O)N2[C@H]3CC[C@H]2CC(O)C3)sc2c1CCCCC2. The molecule has 7 heteroatoms. The molecule has 2 aliphatic heterocycles. The highest BCUT2D eigenvalue weighted by Gasteiger charge is 2.43. The number of amides is 2. The van der Waals surface area contributed by atoms with Crippen LogP contribution in [0.5, 0.6) is 0 Å². The Bertz CT molecular complexity index is 703. The molecule has 1 aromatic heterocycles. The Labute approximate surface area is 157 Å². The first-order valence-electron chi connectivity index (χ1n) is 9.58. The van der Waals surface area contributed by atoms with Gasteiger partial charge in [-0.05, 0) is 56.9 Å². The number of methoxy groups -OCH3 is 1. The zero-order valence-electron chi connectivity index (χ0n) is 15.1. The number of fused-ring (bicyclic) bond motifs is 3. The van der Waals surface area contributed by atoms with Crippen LogP contribution in [0.3, 0.4) is 0 Å². The molecule has 1 aliphatic carbocycles. The van der Waals surface area contributed by atoms with E-state index in [9.17, 15) is 14.7 Å². The Kier molecular flexibility index (Phi) is 4.92. The molecule has 26 heavy (non-hydrogen) atoms. The van der Waals surface area contributed by atoms with Crippen molar-refractivity contribution in [1.82, 2.24) is 4.90 Å². The van der Waals surface area contributed by atoms with E-state index in [1.807, 2.05) is 4.90 Å². The Morgan fingerprint density at radius 3 is 2.54 bits per heavy atom. The summed E-state index contributed by atoms with van der Waals surface area (Å²) in [6, 6.07) is 0.0530.